The topological polar surface area (TPSA) is 55.6 Å². The second-order valence-electron chi connectivity index (χ2n) is 4.53. The lowest BCUT2D eigenvalue weighted by molar-refractivity contribution is 0.517. The molecule has 0 fully saturated rings. The van der Waals surface area contributed by atoms with Crippen LogP contribution in [0, 0.1) is 5.82 Å². The van der Waals surface area contributed by atoms with Gasteiger partial charge >= 0.3 is 0 Å². The second-order valence-corrected chi connectivity index (χ2v) is 4.53. The summed E-state index contributed by atoms with van der Waals surface area (Å²) in [5.41, 5.74) is 1.71. The Bertz CT molecular complexity index is 525. The number of nitrogens with zero attached hydrogens (tertiary/aromatic N) is 4. The number of aromatic nitrogens is 4. The molecule has 1 unspecified atom stereocenters. The molecule has 2 rings (SSSR count). The van der Waals surface area contributed by atoms with Crippen LogP contribution in [-0.4, -0.2) is 26.5 Å². The fourth-order valence-electron chi connectivity index (χ4n) is 1.94. The number of pyridine rings is 1. The molecule has 0 bridgehead atoms. The van der Waals surface area contributed by atoms with Gasteiger partial charge in [-0.3, -0.25) is 9.67 Å². The third kappa shape index (κ3) is 3.82. The van der Waals surface area contributed by atoms with Crippen molar-refractivity contribution in [1.29, 1.82) is 0 Å². The SMILES string of the molecule is CCCNC(Cc1cn(C)nn1)c1cncc(F)c1. The van der Waals surface area contributed by atoms with Gasteiger partial charge in [-0.2, -0.15) is 0 Å². The molecule has 0 saturated carbocycles. The van der Waals surface area contributed by atoms with Gasteiger partial charge in [0, 0.05) is 31.9 Å². The van der Waals surface area contributed by atoms with Gasteiger partial charge in [-0.1, -0.05) is 12.1 Å². The average Bonchev–Trinajstić information content (AvgIpc) is 2.80. The van der Waals surface area contributed by atoms with E-state index in [9.17, 15) is 4.39 Å². The normalized spacial score (nSPS) is 12.6. The van der Waals surface area contributed by atoms with Gasteiger partial charge in [0.15, 0.2) is 0 Å². The number of nitrogens with one attached hydrogen (secondary N) is 1. The molecule has 19 heavy (non-hydrogen) atoms. The van der Waals surface area contributed by atoms with E-state index in [-0.39, 0.29) is 11.9 Å². The van der Waals surface area contributed by atoms with Crippen molar-refractivity contribution in [3.05, 3.63) is 41.7 Å². The Hall–Kier alpha value is -1.82. The van der Waals surface area contributed by atoms with Crippen molar-refractivity contribution >= 4 is 0 Å². The van der Waals surface area contributed by atoms with Gasteiger partial charge in [0.1, 0.15) is 5.82 Å². The van der Waals surface area contributed by atoms with Crippen LogP contribution < -0.4 is 5.32 Å². The molecule has 0 amide bonds. The molecule has 6 heteroatoms. The highest BCUT2D eigenvalue weighted by molar-refractivity contribution is 5.17. The quantitative estimate of drug-likeness (QED) is 0.860. The summed E-state index contributed by atoms with van der Waals surface area (Å²) in [4.78, 5) is 3.90. The minimum absolute atomic E-state index is 0.000139. The molecular weight excluding hydrogens is 245 g/mol. The molecule has 5 nitrogen and oxygen atoms in total. The molecule has 0 aliphatic carbocycles. The highest BCUT2D eigenvalue weighted by atomic mass is 19.1. The van der Waals surface area contributed by atoms with Gasteiger partial charge in [0.25, 0.3) is 0 Å². The van der Waals surface area contributed by atoms with Gasteiger partial charge in [0.05, 0.1) is 11.9 Å². The summed E-state index contributed by atoms with van der Waals surface area (Å²) in [6.45, 7) is 2.96. The van der Waals surface area contributed by atoms with E-state index in [0.717, 1.165) is 24.2 Å². The van der Waals surface area contributed by atoms with E-state index in [1.807, 2.05) is 13.2 Å². The molecule has 2 heterocycles. The van der Waals surface area contributed by atoms with Crippen LogP contribution in [0.2, 0.25) is 0 Å². The van der Waals surface area contributed by atoms with E-state index in [2.05, 4.69) is 27.5 Å². The Kier molecular flexibility index (Phi) is 4.57. The average molecular weight is 263 g/mol. The maximum Gasteiger partial charge on any atom is 0.141 e. The number of halogens is 1. The minimum atomic E-state index is -0.319. The highest BCUT2D eigenvalue weighted by Crippen LogP contribution is 2.17. The Morgan fingerprint density at radius 2 is 2.26 bits per heavy atom. The maximum atomic E-state index is 13.3. The summed E-state index contributed by atoms with van der Waals surface area (Å²) in [6.07, 6.45) is 6.45. The maximum absolute atomic E-state index is 13.3. The van der Waals surface area contributed by atoms with Crippen LogP contribution in [0.15, 0.2) is 24.7 Å². The Morgan fingerprint density at radius 3 is 2.89 bits per heavy atom. The molecular formula is C13H18FN5. The summed E-state index contributed by atoms with van der Waals surface area (Å²) < 4.78 is 14.9. The van der Waals surface area contributed by atoms with Crippen molar-refractivity contribution in [1.82, 2.24) is 25.3 Å². The first kappa shape index (κ1) is 13.6. The molecule has 0 radical (unpaired) electrons. The van der Waals surface area contributed by atoms with Crippen LogP contribution in [0.25, 0.3) is 0 Å². The van der Waals surface area contributed by atoms with Crippen LogP contribution in [0.4, 0.5) is 4.39 Å². The number of hydrogen-bond donors (Lipinski definition) is 1. The van der Waals surface area contributed by atoms with Crippen molar-refractivity contribution in [3.8, 4) is 0 Å². The number of rotatable bonds is 6. The molecule has 1 N–H and O–H groups in total. The monoisotopic (exact) mass is 263 g/mol. The Balaban J connectivity index is 2.15. The zero-order chi connectivity index (χ0) is 13.7. The van der Waals surface area contributed by atoms with Gasteiger partial charge < -0.3 is 5.32 Å². The number of hydrogen-bond acceptors (Lipinski definition) is 4. The van der Waals surface area contributed by atoms with Crippen molar-refractivity contribution in [3.63, 3.8) is 0 Å². The van der Waals surface area contributed by atoms with E-state index >= 15 is 0 Å². The predicted molar refractivity (Wildman–Crippen MR) is 69.9 cm³/mol. The van der Waals surface area contributed by atoms with E-state index < -0.39 is 0 Å². The van der Waals surface area contributed by atoms with Crippen LogP contribution in [-0.2, 0) is 13.5 Å². The zero-order valence-electron chi connectivity index (χ0n) is 11.2. The highest BCUT2D eigenvalue weighted by Gasteiger charge is 2.14. The van der Waals surface area contributed by atoms with Crippen molar-refractivity contribution in [2.45, 2.75) is 25.8 Å². The molecule has 0 saturated heterocycles. The van der Waals surface area contributed by atoms with Gasteiger partial charge in [-0.25, -0.2) is 4.39 Å². The Morgan fingerprint density at radius 1 is 1.42 bits per heavy atom. The summed E-state index contributed by atoms with van der Waals surface area (Å²) in [5, 5.41) is 11.4. The number of aryl methyl sites for hydroxylation is 1. The van der Waals surface area contributed by atoms with Crippen molar-refractivity contribution < 1.29 is 4.39 Å². The lowest BCUT2D eigenvalue weighted by Gasteiger charge is -2.17. The Labute approximate surface area is 111 Å². The first-order valence-corrected chi connectivity index (χ1v) is 6.38. The van der Waals surface area contributed by atoms with Crippen LogP contribution in [0.3, 0.4) is 0 Å². The second kappa shape index (κ2) is 6.38. The molecule has 0 aromatic carbocycles. The lowest BCUT2D eigenvalue weighted by atomic mass is 10.0. The fraction of sp³-hybridized carbons (Fsp3) is 0.462. The molecule has 0 aliphatic heterocycles. The van der Waals surface area contributed by atoms with E-state index in [0.29, 0.717) is 6.42 Å². The van der Waals surface area contributed by atoms with E-state index in [1.54, 1.807) is 10.9 Å². The molecule has 0 spiro atoms. The van der Waals surface area contributed by atoms with Crippen LogP contribution in [0.5, 0.6) is 0 Å². The van der Waals surface area contributed by atoms with Gasteiger partial charge in [-0.15, -0.1) is 5.10 Å². The summed E-state index contributed by atoms with van der Waals surface area (Å²) in [5.74, 6) is -0.319. The van der Waals surface area contributed by atoms with Crippen molar-refractivity contribution in [2.75, 3.05) is 6.54 Å². The molecule has 102 valence electrons. The van der Waals surface area contributed by atoms with Crippen LogP contribution >= 0.6 is 0 Å². The van der Waals surface area contributed by atoms with Crippen LogP contribution in [0.1, 0.15) is 30.6 Å². The smallest absolute Gasteiger partial charge is 0.141 e. The molecule has 0 aliphatic rings. The van der Waals surface area contributed by atoms with E-state index in [4.69, 9.17) is 0 Å². The third-order valence-electron chi connectivity index (χ3n) is 2.83. The summed E-state index contributed by atoms with van der Waals surface area (Å²) >= 11 is 0. The molecule has 2 aromatic heterocycles. The predicted octanol–water partition coefficient (Wildman–Crippen LogP) is 1.63. The first-order chi connectivity index (χ1) is 9.19. The first-order valence-electron chi connectivity index (χ1n) is 6.38. The molecule has 1 atom stereocenters. The lowest BCUT2D eigenvalue weighted by Crippen LogP contribution is -2.24. The molecule has 2 aromatic rings. The van der Waals surface area contributed by atoms with Gasteiger partial charge in [-0.05, 0) is 24.6 Å². The van der Waals surface area contributed by atoms with Gasteiger partial charge in [0.2, 0.25) is 0 Å². The van der Waals surface area contributed by atoms with Crippen molar-refractivity contribution in [2.24, 2.45) is 7.05 Å². The summed E-state index contributed by atoms with van der Waals surface area (Å²) in [7, 11) is 1.83. The van der Waals surface area contributed by atoms with E-state index in [1.165, 1.54) is 12.3 Å². The fourth-order valence-corrected chi connectivity index (χ4v) is 1.94. The third-order valence-corrected chi connectivity index (χ3v) is 2.83. The largest absolute Gasteiger partial charge is 0.310 e. The minimum Gasteiger partial charge on any atom is -0.310 e. The summed E-state index contributed by atoms with van der Waals surface area (Å²) in [6, 6.07) is 1.51. The standard InChI is InChI=1S/C13H18FN5/c1-3-4-16-13(6-12-9-19(2)18-17-12)10-5-11(14)8-15-7-10/h5,7-9,13,16H,3-4,6H2,1-2H3. The zero-order valence-corrected chi connectivity index (χ0v) is 11.2.